The smallest absolute Gasteiger partial charge is 0.404 e. The lowest BCUT2D eigenvalue weighted by Gasteiger charge is -2.26. The molecular weight excluding hydrogens is 371 g/mol. The lowest BCUT2D eigenvalue weighted by atomic mass is 9.98. The molecule has 2 N–H and O–H groups in total. The highest BCUT2D eigenvalue weighted by Gasteiger charge is 2.16. The van der Waals surface area contributed by atoms with Gasteiger partial charge in [-0.3, -0.25) is 0 Å². The lowest BCUT2D eigenvalue weighted by Crippen LogP contribution is -2.25. The highest BCUT2D eigenvalue weighted by molar-refractivity contribution is 14.0. The monoisotopic (exact) mass is 390 g/mol. The number of ether oxygens (including phenoxy) is 1. The van der Waals surface area contributed by atoms with Gasteiger partial charge in [-0.25, -0.2) is 4.79 Å². The zero-order valence-corrected chi connectivity index (χ0v) is 13.9. The fourth-order valence-corrected chi connectivity index (χ4v) is 2.32. The summed E-state index contributed by atoms with van der Waals surface area (Å²) in [5, 5.41) is 11.0. The average molecular weight is 390 g/mol. The second-order valence-electron chi connectivity index (χ2n) is 4.44. The Labute approximate surface area is 135 Å². The van der Waals surface area contributed by atoms with Gasteiger partial charge in [-0.2, -0.15) is 0 Å². The minimum Gasteiger partial charge on any atom is -0.496 e. The molecule has 1 aromatic carbocycles. The Kier molecular flexibility index (Phi) is 6.12. The molecule has 1 heterocycles. The quantitative estimate of drug-likeness (QED) is 0.776. The van der Waals surface area contributed by atoms with Crippen LogP contribution in [0.4, 0.5) is 10.5 Å². The maximum Gasteiger partial charge on any atom is 0.404 e. The molecule has 0 aliphatic carbocycles. The number of halogens is 1. The van der Waals surface area contributed by atoms with E-state index in [1.54, 1.807) is 7.11 Å². The molecule has 0 radical (unpaired) electrons. The SMILES string of the molecule is COc1ccc2c(c1CCNC(=O)O)C=CCN2C.I. The van der Waals surface area contributed by atoms with E-state index in [1.807, 2.05) is 19.2 Å². The Morgan fingerprint density at radius 3 is 2.90 bits per heavy atom. The third-order valence-electron chi connectivity index (χ3n) is 3.24. The zero-order chi connectivity index (χ0) is 13.8. The average Bonchev–Trinajstić information content (AvgIpc) is 2.39. The summed E-state index contributed by atoms with van der Waals surface area (Å²) in [6.07, 6.45) is 3.78. The second-order valence-corrected chi connectivity index (χ2v) is 4.44. The van der Waals surface area contributed by atoms with E-state index < -0.39 is 6.09 Å². The van der Waals surface area contributed by atoms with Crippen molar-refractivity contribution in [3.8, 4) is 5.75 Å². The maximum atomic E-state index is 10.5. The number of amides is 1. The van der Waals surface area contributed by atoms with Crippen LogP contribution in [0.3, 0.4) is 0 Å². The topological polar surface area (TPSA) is 61.8 Å². The summed E-state index contributed by atoms with van der Waals surface area (Å²) in [6.45, 7) is 1.26. The van der Waals surface area contributed by atoms with E-state index in [1.165, 1.54) is 0 Å². The Balaban J connectivity index is 0.00000200. The largest absolute Gasteiger partial charge is 0.496 e. The van der Waals surface area contributed by atoms with Crippen molar-refractivity contribution in [1.82, 2.24) is 5.32 Å². The number of hydrogen-bond acceptors (Lipinski definition) is 3. The summed E-state index contributed by atoms with van der Waals surface area (Å²) < 4.78 is 5.38. The third-order valence-corrected chi connectivity index (χ3v) is 3.24. The van der Waals surface area contributed by atoms with Crippen LogP contribution in [0.15, 0.2) is 18.2 Å². The number of nitrogens with zero attached hydrogens (tertiary/aromatic N) is 1. The van der Waals surface area contributed by atoms with Crippen LogP contribution in [-0.4, -0.2) is 38.4 Å². The van der Waals surface area contributed by atoms with Crippen LogP contribution in [0.2, 0.25) is 0 Å². The van der Waals surface area contributed by atoms with Gasteiger partial charge in [0, 0.05) is 37.0 Å². The Bertz CT molecular complexity index is 517. The minimum atomic E-state index is -1.00. The first-order valence-corrected chi connectivity index (χ1v) is 6.18. The van der Waals surface area contributed by atoms with E-state index in [9.17, 15) is 4.79 Å². The highest BCUT2D eigenvalue weighted by atomic mass is 127. The van der Waals surface area contributed by atoms with Crippen LogP contribution in [0.1, 0.15) is 11.1 Å². The van der Waals surface area contributed by atoms with Crippen molar-refractivity contribution in [2.45, 2.75) is 6.42 Å². The molecule has 0 unspecified atom stereocenters. The highest BCUT2D eigenvalue weighted by Crippen LogP contribution is 2.34. The van der Waals surface area contributed by atoms with Crippen LogP contribution in [0, 0.1) is 0 Å². The van der Waals surface area contributed by atoms with Crippen molar-refractivity contribution < 1.29 is 14.6 Å². The van der Waals surface area contributed by atoms with Gasteiger partial charge in [-0.05, 0) is 18.6 Å². The predicted octanol–water partition coefficient (Wildman–Crippen LogP) is 2.59. The van der Waals surface area contributed by atoms with E-state index in [4.69, 9.17) is 9.84 Å². The number of carbonyl (C=O) groups is 1. The van der Waals surface area contributed by atoms with E-state index in [2.05, 4.69) is 22.4 Å². The number of likely N-dealkylation sites (N-methyl/N-ethyl adjacent to an activating group) is 1. The van der Waals surface area contributed by atoms with Crippen molar-refractivity contribution in [3.63, 3.8) is 0 Å². The molecule has 20 heavy (non-hydrogen) atoms. The van der Waals surface area contributed by atoms with E-state index in [0.717, 1.165) is 29.1 Å². The molecule has 5 nitrogen and oxygen atoms in total. The number of benzene rings is 1. The number of fused-ring (bicyclic) bond motifs is 1. The summed E-state index contributed by atoms with van der Waals surface area (Å²) in [5.41, 5.74) is 3.30. The first kappa shape index (κ1) is 16.6. The Hall–Kier alpha value is -1.44. The van der Waals surface area contributed by atoms with Gasteiger partial charge in [0.25, 0.3) is 0 Å². The molecular formula is C14H19IN2O3. The standard InChI is InChI=1S/C14H18N2O3.HI/c1-16-9-3-4-10-11(7-8-15-14(17)18)13(19-2)6-5-12(10)16;/h3-6,15H,7-9H2,1-2H3,(H,17,18);1H. The molecule has 0 atom stereocenters. The second kappa shape index (κ2) is 7.37. The molecule has 6 heteroatoms. The van der Waals surface area contributed by atoms with Gasteiger partial charge < -0.3 is 20.1 Å². The summed E-state index contributed by atoms with van der Waals surface area (Å²) in [5.74, 6) is 0.797. The normalized spacial score (nSPS) is 12.4. The third kappa shape index (κ3) is 3.56. The minimum absolute atomic E-state index is 0. The van der Waals surface area contributed by atoms with Crippen molar-refractivity contribution in [1.29, 1.82) is 0 Å². The number of nitrogens with one attached hydrogen (secondary N) is 1. The molecule has 0 saturated carbocycles. The van der Waals surface area contributed by atoms with Gasteiger partial charge in [0.15, 0.2) is 0 Å². The van der Waals surface area contributed by atoms with E-state index in [-0.39, 0.29) is 24.0 Å². The molecule has 1 aromatic rings. The van der Waals surface area contributed by atoms with Gasteiger partial charge in [0.1, 0.15) is 5.75 Å². The number of rotatable bonds is 4. The zero-order valence-electron chi connectivity index (χ0n) is 11.5. The summed E-state index contributed by atoms with van der Waals surface area (Å²) in [4.78, 5) is 12.7. The van der Waals surface area contributed by atoms with Crippen molar-refractivity contribution >= 4 is 41.8 Å². The first-order valence-electron chi connectivity index (χ1n) is 6.18. The van der Waals surface area contributed by atoms with E-state index >= 15 is 0 Å². The first-order chi connectivity index (χ1) is 9.13. The van der Waals surface area contributed by atoms with Crippen LogP contribution < -0.4 is 15.0 Å². The summed E-state index contributed by atoms with van der Waals surface area (Å²) in [6, 6.07) is 3.97. The van der Waals surface area contributed by atoms with Crippen LogP contribution in [0.5, 0.6) is 5.75 Å². The maximum absolute atomic E-state index is 10.5. The number of anilines is 1. The van der Waals surface area contributed by atoms with Gasteiger partial charge in [-0.1, -0.05) is 12.2 Å². The van der Waals surface area contributed by atoms with Gasteiger partial charge in [0.2, 0.25) is 0 Å². The van der Waals surface area contributed by atoms with Crippen LogP contribution >= 0.6 is 24.0 Å². The van der Waals surface area contributed by atoms with Crippen molar-refractivity contribution in [3.05, 3.63) is 29.3 Å². The summed E-state index contributed by atoms with van der Waals surface area (Å²) in [7, 11) is 3.67. The fraction of sp³-hybridized carbons (Fsp3) is 0.357. The summed E-state index contributed by atoms with van der Waals surface area (Å²) >= 11 is 0. The molecule has 0 spiro atoms. The number of carboxylic acid groups (broad SMARTS) is 1. The molecule has 0 aromatic heterocycles. The van der Waals surface area contributed by atoms with Gasteiger partial charge >= 0.3 is 6.09 Å². The molecule has 1 amide bonds. The molecule has 1 aliphatic rings. The van der Waals surface area contributed by atoms with Gasteiger partial charge in [-0.15, -0.1) is 24.0 Å². The predicted molar refractivity (Wildman–Crippen MR) is 90.4 cm³/mol. The van der Waals surface area contributed by atoms with E-state index in [0.29, 0.717) is 13.0 Å². The Morgan fingerprint density at radius 1 is 1.50 bits per heavy atom. The molecule has 0 saturated heterocycles. The molecule has 0 fully saturated rings. The van der Waals surface area contributed by atoms with Crippen molar-refractivity contribution in [2.75, 3.05) is 32.1 Å². The molecule has 0 bridgehead atoms. The van der Waals surface area contributed by atoms with Crippen molar-refractivity contribution in [2.24, 2.45) is 0 Å². The van der Waals surface area contributed by atoms with Crippen LogP contribution in [0.25, 0.3) is 6.08 Å². The Morgan fingerprint density at radius 2 is 2.25 bits per heavy atom. The molecule has 110 valence electrons. The molecule has 2 rings (SSSR count). The fourth-order valence-electron chi connectivity index (χ4n) is 2.32. The van der Waals surface area contributed by atoms with Crippen LogP contribution in [-0.2, 0) is 6.42 Å². The van der Waals surface area contributed by atoms with Gasteiger partial charge in [0.05, 0.1) is 7.11 Å². The number of methoxy groups -OCH3 is 1. The number of hydrogen-bond donors (Lipinski definition) is 2. The molecule has 1 aliphatic heterocycles. The lowest BCUT2D eigenvalue weighted by molar-refractivity contribution is 0.194.